The maximum Gasteiger partial charge on any atom is 0.264 e. The van der Waals surface area contributed by atoms with Gasteiger partial charge < -0.3 is 0 Å². The summed E-state index contributed by atoms with van der Waals surface area (Å²) in [5, 5.41) is 0. The van der Waals surface area contributed by atoms with Crippen LogP contribution in [0.1, 0.15) is 17.0 Å². The second kappa shape index (κ2) is 7.94. The first-order valence-electron chi connectivity index (χ1n) is 8.99. The maximum atomic E-state index is 13.4. The van der Waals surface area contributed by atoms with Crippen LogP contribution in [-0.4, -0.2) is 19.3 Å². The zero-order chi connectivity index (χ0) is 19.6. The molecular weight excluding hydrogens is 434 g/mol. The number of sulfonamides is 1. The third-order valence-electron chi connectivity index (χ3n) is 4.79. The zero-order valence-electron chi connectivity index (χ0n) is 15.1. The Morgan fingerprint density at radius 3 is 2.07 bits per heavy atom. The van der Waals surface area contributed by atoms with E-state index in [2.05, 4.69) is 28.1 Å². The molecule has 0 fully saturated rings. The zero-order valence-corrected chi connectivity index (χ0v) is 17.5. The highest BCUT2D eigenvalue weighted by Gasteiger charge is 2.32. The first kappa shape index (κ1) is 19.0. The van der Waals surface area contributed by atoms with Crippen LogP contribution in [0.3, 0.4) is 0 Å². The summed E-state index contributed by atoms with van der Waals surface area (Å²) in [5.74, 6) is 0.0628. The minimum Gasteiger partial charge on any atom is -0.266 e. The topological polar surface area (TPSA) is 37.4 Å². The highest BCUT2D eigenvalue weighted by molar-refractivity contribution is 9.10. The Labute approximate surface area is 174 Å². The molecule has 1 radical (unpaired) electrons. The van der Waals surface area contributed by atoms with Crippen molar-refractivity contribution in [1.82, 2.24) is 4.31 Å². The Hall–Kier alpha value is -2.37. The van der Waals surface area contributed by atoms with E-state index >= 15 is 0 Å². The van der Waals surface area contributed by atoms with Gasteiger partial charge in [0.05, 0.1) is 10.6 Å². The van der Waals surface area contributed by atoms with E-state index in [0.29, 0.717) is 12.2 Å². The molecular formula is C23H19BrNO2S. The molecule has 5 heteroatoms. The lowest BCUT2D eigenvalue weighted by Gasteiger charge is -2.33. The SMILES string of the molecule is O=S(=O)(c1ccc(Br)cc1)N1C[CH]C(c2ccccc2)C=C1c1ccccc1. The van der Waals surface area contributed by atoms with Crippen LogP contribution in [0.2, 0.25) is 0 Å². The van der Waals surface area contributed by atoms with Crippen molar-refractivity contribution in [1.29, 1.82) is 0 Å². The van der Waals surface area contributed by atoms with Crippen LogP contribution in [0.15, 0.2) is 100 Å². The molecule has 0 bridgehead atoms. The van der Waals surface area contributed by atoms with E-state index in [0.717, 1.165) is 15.6 Å². The van der Waals surface area contributed by atoms with Crippen LogP contribution in [0.4, 0.5) is 0 Å². The molecule has 0 aliphatic carbocycles. The van der Waals surface area contributed by atoms with Gasteiger partial charge in [0, 0.05) is 16.9 Å². The van der Waals surface area contributed by atoms with Crippen LogP contribution in [0.25, 0.3) is 5.70 Å². The van der Waals surface area contributed by atoms with Gasteiger partial charge >= 0.3 is 0 Å². The third-order valence-corrected chi connectivity index (χ3v) is 7.11. The normalized spacial score (nSPS) is 17.2. The first-order chi connectivity index (χ1) is 13.6. The molecule has 141 valence electrons. The largest absolute Gasteiger partial charge is 0.266 e. The van der Waals surface area contributed by atoms with Crippen molar-refractivity contribution in [3.63, 3.8) is 0 Å². The van der Waals surface area contributed by atoms with E-state index in [1.54, 1.807) is 24.3 Å². The van der Waals surface area contributed by atoms with Crippen LogP contribution >= 0.6 is 15.9 Å². The Kier molecular flexibility index (Phi) is 5.38. The number of hydrogen-bond donors (Lipinski definition) is 0. The fraction of sp³-hybridized carbons (Fsp3) is 0.0870. The molecule has 0 spiro atoms. The van der Waals surface area contributed by atoms with E-state index < -0.39 is 10.0 Å². The second-order valence-electron chi connectivity index (χ2n) is 6.58. The van der Waals surface area contributed by atoms with E-state index in [1.165, 1.54) is 4.31 Å². The molecule has 1 aliphatic heterocycles. The lowest BCUT2D eigenvalue weighted by Crippen LogP contribution is -2.34. The molecule has 0 saturated carbocycles. The van der Waals surface area contributed by atoms with Crippen LogP contribution in [-0.2, 0) is 10.0 Å². The van der Waals surface area contributed by atoms with Gasteiger partial charge in [-0.2, -0.15) is 0 Å². The minimum absolute atomic E-state index is 0.0628. The Morgan fingerprint density at radius 1 is 0.821 bits per heavy atom. The van der Waals surface area contributed by atoms with Crippen LogP contribution in [0.5, 0.6) is 0 Å². The molecule has 1 heterocycles. The fourth-order valence-corrected chi connectivity index (χ4v) is 5.05. The van der Waals surface area contributed by atoms with Crippen molar-refractivity contribution >= 4 is 31.7 Å². The number of allylic oxidation sites excluding steroid dienone is 1. The summed E-state index contributed by atoms with van der Waals surface area (Å²) in [6.07, 6.45) is 4.07. The molecule has 1 unspecified atom stereocenters. The van der Waals surface area contributed by atoms with E-state index in [4.69, 9.17) is 0 Å². The predicted octanol–water partition coefficient (Wildman–Crippen LogP) is 5.48. The van der Waals surface area contributed by atoms with Gasteiger partial charge in [-0.15, -0.1) is 0 Å². The Morgan fingerprint density at radius 2 is 1.43 bits per heavy atom. The van der Waals surface area contributed by atoms with Crippen molar-refractivity contribution in [2.45, 2.75) is 10.8 Å². The molecule has 0 saturated heterocycles. The Bertz CT molecular complexity index is 1080. The van der Waals surface area contributed by atoms with Crippen LogP contribution < -0.4 is 0 Å². The van der Waals surface area contributed by atoms with Gasteiger partial charge in [0.1, 0.15) is 0 Å². The van der Waals surface area contributed by atoms with Crippen molar-refractivity contribution in [3.05, 3.63) is 113 Å². The van der Waals surface area contributed by atoms with Gasteiger partial charge in [0.2, 0.25) is 0 Å². The van der Waals surface area contributed by atoms with Crippen molar-refractivity contribution in [2.24, 2.45) is 0 Å². The first-order valence-corrected chi connectivity index (χ1v) is 11.2. The molecule has 4 rings (SSSR count). The van der Waals surface area contributed by atoms with E-state index in [1.807, 2.05) is 61.0 Å². The monoisotopic (exact) mass is 452 g/mol. The highest BCUT2D eigenvalue weighted by atomic mass is 79.9. The molecule has 1 aliphatic rings. The molecule has 3 aromatic rings. The lowest BCUT2D eigenvalue weighted by atomic mass is 9.91. The van der Waals surface area contributed by atoms with Crippen molar-refractivity contribution in [2.75, 3.05) is 6.54 Å². The standard InChI is InChI=1S/C23H19BrNO2S/c24-21-11-13-22(14-12-21)28(26,27)25-16-15-20(18-7-3-1-4-8-18)17-23(25)19-9-5-2-6-10-19/h1-15,17,20H,16H2. The predicted molar refractivity (Wildman–Crippen MR) is 116 cm³/mol. The maximum absolute atomic E-state index is 13.4. The van der Waals surface area contributed by atoms with Crippen LogP contribution in [0, 0.1) is 6.42 Å². The van der Waals surface area contributed by atoms with Gasteiger partial charge in [-0.25, -0.2) is 8.42 Å². The average molecular weight is 453 g/mol. The summed E-state index contributed by atoms with van der Waals surface area (Å²) in [7, 11) is -3.67. The van der Waals surface area contributed by atoms with E-state index in [9.17, 15) is 8.42 Å². The summed E-state index contributed by atoms with van der Waals surface area (Å²) in [5.41, 5.74) is 2.74. The number of rotatable bonds is 4. The Balaban J connectivity index is 1.79. The molecule has 0 amide bonds. The quantitative estimate of drug-likeness (QED) is 0.525. The number of hydrogen-bond acceptors (Lipinski definition) is 2. The number of halogens is 1. The third kappa shape index (κ3) is 3.77. The summed E-state index contributed by atoms with van der Waals surface area (Å²) in [4.78, 5) is 0.282. The van der Waals surface area contributed by atoms with Crippen molar-refractivity contribution < 1.29 is 8.42 Å². The summed E-state index contributed by atoms with van der Waals surface area (Å²) in [6.45, 7) is 0.318. The van der Waals surface area contributed by atoms with E-state index in [-0.39, 0.29) is 10.8 Å². The van der Waals surface area contributed by atoms with Gasteiger partial charge in [-0.1, -0.05) is 82.7 Å². The average Bonchev–Trinajstić information content (AvgIpc) is 2.75. The van der Waals surface area contributed by atoms with Crippen molar-refractivity contribution in [3.8, 4) is 0 Å². The smallest absolute Gasteiger partial charge is 0.264 e. The van der Waals surface area contributed by atoms with Gasteiger partial charge in [0.15, 0.2) is 0 Å². The summed E-state index contributed by atoms with van der Waals surface area (Å²) < 4.78 is 29.1. The van der Waals surface area contributed by atoms with Gasteiger partial charge in [0.25, 0.3) is 10.0 Å². The fourth-order valence-electron chi connectivity index (χ4n) is 3.35. The second-order valence-corrected chi connectivity index (χ2v) is 9.36. The summed E-state index contributed by atoms with van der Waals surface area (Å²) >= 11 is 3.36. The van der Waals surface area contributed by atoms with Gasteiger partial charge in [-0.05, 0) is 41.8 Å². The number of benzene rings is 3. The molecule has 3 nitrogen and oxygen atoms in total. The highest BCUT2D eigenvalue weighted by Crippen LogP contribution is 2.36. The molecule has 28 heavy (non-hydrogen) atoms. The molecule has 3 aromatic carbocycles. The summed E-state index contributed by atoms with van der Waals surface area (Å²) in [6, 6.07) is 26.6. The number of nitrogens with zero attached hydrogens (tertiary/aromatic N) is 1. The van der Waals surface area contributed by atoms with Gasteiger partial charge in [-0.3, -0.25) is 4.31 Å². The molecule has 0 aromatic heterocycles. The minimum atomic E-state index is -3.67. The molecule has 0 N–H and O–H groups in total. The molecule has 1 atom stereocenters. The lowest BCUT2D eigenvalue weighted by molar-refractivity contribution is 0.513.